The lowest BCUT2D eigenvalue weighted by molar-refractivity contribution is -0.513. The molecule has 1 fully saturated rings. The first-order valence-electron chi connectivity index (χ1n) is 10.0. The average molecular weight is 398 g/mol. The standard InChI is InChI=1S/C23H36N.2ClH/c1-17(2)19-11-10-12-20(18(3)4)21(19)24-16-23(15-22(24,5)6)13-8-7-9-14-23;;/h10-12,16-18H,7-9,13-15H2,1-6H3;2*1H/q+1;;/p-1. The van der Waals surface area contributed by atoms with Gasteiger partial charge in [0, 0.05) is 31.4 Å². The first-order chi connectivity index (χ1) is 11.3. The molecule has 1 heterocycles. The highest BCUT2D eigenvalue weighted by Crippen LogP contribution is 2.49. The second kappa shape index (κ2) is 8.65. The molecule has 0 saturated heterocycles. The fourth-order valence-corrected chi connectivity index (χ4v) is 5.16. The number of benzene rings is 1. The summed E-state index contributed by atoms with van der Waals surface area (Å²) in [5.74, 6) is 1.12. The van der Waals surface area contributed by atoms with Crippen LogP contribution in [-0.4, -0.2) is 16.3 Å². The molecular weight excluding hydrogens is 361 g/mol. The molecule has 1 nitrogen and oxygen atoms in total. The van der Waals surface area contributed by atoms with E-state index < -0.39 is 0 Å². The SMILES string of the molecule is CC(C)c1cccc(C(C)C)c1[N+]1=CC2(CCCCC2)CC1(C)C.[Cl-].[Cl-].[H+]. The van der Waals surface area contributed by atoms with Crippen LogP contribution in [0.25, 0.3) is 0 Å². The highest BCUT2D eigenvalue weighted by atomic mass is 35.5. The van der Waals surface area contributed by atoms with E-state index in [2.05, 4.69) is 70.5 Å². The molecule has 0 aromatic heterocycles. The number of rotatable bonds is 3. The lowest BCUT2D eigenvalue weighted by atomic mass is 9.71. The van der Waals surface area contributed by atoms with E-state index in [4.69, 9.17) is 0 Å². The summed E-state index contributed by atoms with van der Waals surface area (Å²) in [5, 5.41) is 0. The lowest BCUT2D eigenvalue weighted by Gasteiger charge is -2.29. The van der Waals surface area contributed by atoms with Crippen molar-refractivity contribution >= 4 is 11.9 Å². The predicted molar refractivity (Wildman–Crippen MR) is 106 cm³/mol. The smallest absolute Gasteiger partial charge is 1.00 e. The lowest BCUT2D eigenvalue weighted by Crippen LogP contribution is -3.00. The van der Waals surface area contributed by atoms with Gasteiger partial charge in [0.25, 0.3) is 0 Å². The van der Waals surface area contributed by atoms with Gasteiger partial charge in [-0.1, -0.05) is 65.2 Å². The molecule has 1 aromatic carbocycles. The van der Waals surface area contributed by atoms with Crippen molar-refractivity contribution in [1.29, 1.82) is 0 Å². The summed E-state index contributed by atoms with van der Waals surface area (Å²) in [6.45, 7) is 14.2. The molecular formula is C23H37Cl2N. The fourth-order valence-electron chi connectivity index (χ4n) is 5.16. The van der Waals surface area contributed by atoms with E-state index >= 15 is 0 Å². The van der Waals surface area contributed by atoms with Gasteiger partial charge in [-0.15, -0.1) is 0 Å². The summed E-state index contributed by atoms with van der Waals surface area (Å²) >= 11 is 0. The van der Waals surface area contributed by atoms with E-state index in [9.17, 15) is 0 Å². The quantitative estimate of drug-likeness (QED) is 0.666. The Morgan fingerprint density at radius 3 is 1.85 bits per heavy atom. The van der Waals surface area contributed by atoms with Crippen LogP contribution in [0, 0.1) is 5.41 Å². The normalized spacial score (nSPS) is 20.7. The van der Waals surface area contributed by atoms with Gasteiger partial charge in [0.2, 0.25) is 5.69 Å². The molecule has 0 N–H and O–H groups in total. The Labute approximate surface area is 175 Å². The third-order valence-electron chi connectivity index (χ3n) is 6.27. The fraction of sp³-hybridized carbons (Fsp3) is 0.696. The molecule has 1 aliphatic heterocycles. The van der Waals surface area contributed by atoms with Crippen LogP contribution >= 0.6 is 0 Å². The molecule has 1 spiro atoms. The zero-order chi connectivity index (χ0) is 17.5. The third kappa shape index (κ3) is 4.30. The molecule has 0 unspecified atom stereocenters. The molecule has 26 heavy (non-hydrogen) atoms. The summed E-state index contributed by atoms with van der Waals surface area (Å²) < 4.78 is 2.68. The van der Waals surface area contributed by atoms with Crippen LogP contribution < -0.4 is 24.8 Å². The van der Waals surface area contributed by atoms with E-state index in [0.717, 1.165) is 0 Å². The van der Waals surface area contributed by atoms with Gasteiger partial charge in [0.15, 0.2) is 11.8 Å². The van der Waals surface area contributed by atoms with Crippen LogP contribution in [0.5, 0.6) is 0 Å². The second-order valence-corrected chi connectivity index (χ2v) is 9.51. The van der Waals surface area contributed by atoms with Gasteiger partial charge in [-0.3, -0.25) is 0 Å². The van der Waals surface area contributed by atoms with E-state index in [0.29, 0.717) is 17.3 Å². The van der Waals surface area contributed by atoms with E-state index in [1.165, 1.54) is 55.3 Å². The van der Waals surface area contributed by atoms with Gasteiger partial charge < -0.3 is 24.8 Å². The highest BCUT2D eigenvalue weighted by Gasteiger charge is 2.52. The molecule has 0 bridgehead atoms. The first kappa shape index (κ1) is 23.5. The molecule has 0 amide bonds. The van der Waals surface area contributed by atoms with Crippen molar-refractivity contribution in [2.75, 3.05) is 0 Å². The average Bonchev–Trinajstić information content (AvgIpc) is 2.77. The van der Waals surface area contributed by atoms with Crippen molar-refractivity contribution in [1.82, 2.24) is 0 Å². The zero-order valence-electron chi connectivity index (χ0n) is 18.4. The predicted octanol–water partition coefficient (Wildman–Crippen LogP) is 0.902. The molecule has 1 saturated carbocycles. The van der Waals surface area contributed by atoms with Gasteiger partial charge in [-0.2, -0.15) is 4.58 Å². The van der Waals surface area contributed by atoms with Crippen molar-refractivity contribution < 1.29 is 30.8 Å². The number of nitrogens with zero attached hydrogens (tertiary/aromatic N) is 1. The maximum Gasteiger partial charge on any atom is 1.00 e. The van der Waals surface area contributed by atoms with Gasteiger partial charge in [0.05, 0.1) is 5.41 Å². The Morgan fingerprint density at radius 2 is 1.38 bits per heavy atom. The summed E-state index contributed by atoms with van der Waals surface area (Å²) in [6.07, 6.45) is 11.0. The molecule has 3 heteroatoms. The monoisotopic (exact) mass is 397 g/mol. The van der Waals surface area contributed by atoms with Gasteiger partial charge in [0.1, 0.15) is 0 Å². The molecule has 0 radical (unpaired) electrons. The number of halogens is 2. The molecule has 3 rings (SSSR count). The van der Waals surface area contributed by atoms with Crippen molar-refractivity contribution in [3.8, 4) is 0 Å². The molecule has 0 atom stereocenters. The number of hydrogen-bond donors (Lipinski definition) is 0. The largest absolute Gasteiger partial charge is 1.00 e. The topological polar surface area (TPSA) is 3.01 Å². The summed E-state index contributed by atoms with van der Waals surface area (Å²) in [4.78, 5) is 0. The van der Waals surface area contributed by atoms with Crippen LogP contribution in [0.3, 0.4) is 0 Å². The van der Waals surface area contributed by atoms with Crippen LogP contribution in [0.4, 0.5) is 5.69 Å². The number of hydrogen-bond acceptors (Lipinski definition) is 0. The van der Waals surface area contributed by atoms with Crippen LogP contribution in [-0.2, 0) is 0 Å². The minimum absolute atomic E-state index is 0. The van der Waals surface area contributed by atoms with Crippen molar-refractivity contribution in [3.05, 3.63) is 29.3 Å². The van der Waals surface area contributed by atoms with Gasteiger partial charge in [-0.25, -0.2) is 0 Å². The molecule has 1 aliphatic carbocycles. The zero-order valence-corrected chi connectivity index (χ0v) is 18.9. The second-order valence-electron chi connectivity index (χ2n) is 9.51. The summed E-state index contributed by atoms with van der Waals surface area (Å²) in [5.41, 5.74) is 5.19. The third-order valence-corrected chi connectivity index (χ3v) is 6.27. The first-order valence-corrected chi connectivity index (χ1v) is 10.0. The van der Waals surface area contributed by atoms with E-state index in [1.54, 1.807) is 0 Å². The van der Waals surface area contributed by atoms with Crippen LogP contribution in [0.2, 0.25) is 0 Å². The van der Waals surface area contributed by atoms with Crippen molar-refractivity contribution in [2.45, 2.75) is 97.4 Å². The summed E-state index contributed by atoms with van der Waals surface area (Å²) in [7, 11) is 0. The Bertz CT molecular complexity index is 618. The minimum Gasteiger partial charge on any atom is -1.00 e. The molecule has 148 valence electrons. The maximum absolute atomic E-state index is 2.68. The maximum atomic E-state index is 2.68. The minimum atomic E-state index is 0. The van der Waals surface area contributed by atoms with Gasteiger partial charge in [-0.05, 0) is 24.7 Å². The Kier molecular flexibility index (Phi) is 7.82. The Balaban J connectivity index is 0.00000225. The Morgan fingerprint density at radius 1 is 0.885 bits per heavy atom. The van der Waals surface area contributed by atoms with Crippen LogP contribution in [0.1, 0.15) is 104 Å². The number of para-hydroxylation sites is 1. The van der Waals surface area contributed by atoms with E-state index in [-0.39, 0.29) is 31.8 Å². The Hall–Kier alpha value is -0.530. The summed E-state index contributed by atoms with van der Waals surface area (Å²) in [6, 6.07) is 6.96. The highest BCUT2D eigenvalue weighted by molar-refractivity contribution is 5.67. The van der Waals surface area contributed by atoms with Gasteiger partial charge >= 0.3 is 1.43 Å². The van der Waals surface area contributed by atoms with E-state index in [1.807, 2.05) is 0 Å². The van der Waals surface area contributed by atoms with Crippen LogP contribution in [0.15, 0.2) is 18.2 Å². The molecule has 1 aromatic rings. The molecule has 2 aliphatic rings. The van der Waals surface area contributed by atoms with Crippen molar-refractivity contribution in [3.63, 3.8) is 0 Å². The van der Waals surface area contributed by atoms with Crippen molar-refractivity contribution in [2.24, 2.45) is 5.41 Å².